The van der Waals surface area contributed by atoms with Gasteiger partial charge in [0.15, 0.2) is 11.5 Å². The Bertz CT molecular complexity index is 1460. The average molecular weight is 499 g/mol. The molecule has 2 amide bonds. The molecule has 0 unspecified atom stereocenters. The van der Waals surface area contributed by atoms with Crippen LogP contribution in [0.15, 0.2) is 71.7 Å². The number of aryl methyl sites for hydroxylation is 1. The topological polar surface area (TPSA) is 101 Å². The number of aromatic nitrogens is 3. The summed E-state index contributed by atoms with van der Waals surface area (Å²) in [5.74, 6) is 1.03. The van der Waals surface area contributed by atoms with Crippen molar-refractivity contribution in [1.29, 1.82) is 0 Å². The van der Waals surface area contributed by atoms with Crippen LogP contribution in [0, 0.1) is 6.92 Å². The first kappa shape index (κ1) is 24.3. The van der Waals surface area contributed by atoms with Crippen molar-refractivity contribution >= 4 is 28.7 Å². The number of methoxy groups -OCH3 is 1. The van der Waals surface area contributed by atoms with Crippen LogP contribution in [0.5, 0.6) is 5.75 Å². The van der Waals surface area contributed by atoms with E-state index in [-0.39, 0.29) is 17.6 Å². The van der Waals surface area contributed by atoms with Gasteiger partial charge in [-0.15, -0.1) is 0 Å². The molecule has 2 N–H and O–H groups in total. The fourth-order valence-electron chi connectivity index (χ4n) is 4.68. The molecule has 0 bridgehead atoms. The predicted octanol–water partition coefficient (Wildman–Crippen LogP) is 3.95. The van der Waals surface area contributed by atoms with Crippen LogP contribution in [-0.2, 0) is 6.54 Å². The van der Waals surface area contributed by atoms with Gasteiger partial charge in [-0.05, 0) is 55.2 Å². The molecule has 1 fully saturated rings. The summed E-state index contributed by atoms with van der Waals surface area (Å²) >= 11 is 0. The minimum atomic E-state index is -0.275. The lowest BCUT2D eigenvalue weighted by Gasteiger charge is -2.33. The summed E-state index contributed by atoms with van der Waals surface area (Å²) in [6.07, 6.45) is 3.08. The number of anilines is 2. The molecule has 1 aliphatic heterocycles. The van der Waals surface area contributed by atoms with E-state index >= 15 is 0 Å². The maximum Gasteiger partial charge on any atom is 0.319 e. The number of rotatable bonds is 6. The van der Waals surface area contributed by atoms with Gasteiger partial charge in [0, 0.05) is 25.3 Å². The molecule has 0 radical (unpaired) electrons. The third-order valence-electron chi connectivity index (χ3n) is 6.60. The number of hydrogen-bond acceptors (Lipinski definition) is 6. The Kier molecular flexibility index (Phi) is 7.02. The monoisotopic (exact) mass is 498 g/mol. The number of amides is 2. The zero-order valence-corrected chi connectivity index (χ0v) is 21.0. The number of nitrogens with one attached hydrogen (secondary N) is 2. The first-order chi connectivity index (χ1) is 18.0. The van der Waals surface area contributed by atoms with E-state index in [1.165, 1.54) is 0 Å². The molecule has 0 spiro atoms. The molecule has 0 atom stereocenters. The molecule has 9 nitrogen and oxygen atoms in total. The smallest absolute Gasteiger partial charge is 0.319 e. The number of piperidine rings is 1. The van der Waals surface area contributed by atoms with Gasteiger partial charge in [0.05, 0.1) is 19.3 Å². The van der Waals surface area contributed by atoms with E-state index in [9.17, 15) is 9.59 Å². The van der Waals surface area contributed by atoms with Gasteiger partial charge in [-0.2, -0.15) is 0 Å². The van der Waals surface area contributed by atoms with Gasteiger partial charge in [-0.25, -0.2) is 14.8 Å². The summed E-state index contributed by atoms with van der Waals surface area (Å²) in [4.78, 5) is 37.4. The van der Waals surface area contributed by atoms with Crippen LogP contribution in [0.4, 0.5) is 16.3 Å². The minimum absolute atomic E-state index is 0.0132. The van der Waals surface area contributed by atoms with Crippen molar-refractivity contribution in [2.45, 2.75) is 32.4 Å². The Morgan fingerprint density at radius 1 is 1.08 bits per heavy atom. The maximum atomic E-state index is 13.6. The summed E-state index contributed by atoms with van der Waals surface area (Å²) in [5.41, 5.74) is 3.77. The summed E-state index contributed by atoms with van der Waals surface area (Å²) in [6, 6.07) is 18.9. The van der Waals surface area contributed by atoms with E-state index in [4.69, 9.17) is 4.74 Å². The molecule has 2 aromatic heterocycles. The standard InChI is InChI=1S/C28H30N6O3/c1-19-10-11-24(37-2)23(17-19)32-28(36)30-21-12-15-33(16-13-21)26-27(35)34(18-20-7-4-3-5-8-20)25-22(31-26)9-6-14-29-25/h3-11,14,17,21H,12-13,15-16,18H2,1-2H3,(H2,30,32,36). The van der Waals surface area contributed by atoms with Gasteiger partial charge < -0.3 is 20.3 Å². The second-order valence-corrected chi connectivity index (χ2v) is 9.22. The number of ether oxygens (including phenoxy) is 1. The van der Waals surface area contributed by atoms with Gasteiger partial charge in [-0.1, -0.05) is 36.4 Å². The van der Waals surface area contributed by atoms with E-state index in [1.807, 2.05) is 72.5 Å². The summed E-state index contributed by atoms with van der Waals surface area (Å²) in [7, 11) is 1.58. The fourth-order valence-corrected chi connectivity index (χ4v) is 4.68. The van der Waals surface area contributed by atoms with Gasteiger partial charge in [0.2, 0.25) is 0 Å². The Hall–Kier alpha value is -4.40. The van der Waals surface area contributed by atoms with Crippen LogP contribution in [0.25, 0.3) is 11.2 Å². The number of hydrogen-bond donors (Lipinski definition) is 2. The molecule has 5 rings (SSSR count). The lowest BCUT2D eigenvalue weighted by Crippen LogP contribution is -2.47. The van der Waals surface area contributed by atoms with E-state index in [1.54, 1.807) is 17.9 Å². The Balaban J connectivity index is 1.29. The number of carbonyl (C=O) groups is 1. The van der Waals surface area contributed by atoms with Crippen LogP contribution in [0.2, 0.25) is 0 Å². The third-order valence-corrected chi connectivity index (χ3v) is 6.60. The minimum Gasteiger partial charge on any atom is -0.495 e. The van der Waals surface area contributed by atoms with Gasteiger partial charge in [-0.3, -0.25) is 9.36 Å². The number of carbonyl (C=O) groups excluding carboxylic acids is 1. The Morgan fingerprint density at radius 3 is 2.62 bits per heavy atom. The molecule has 1 saturated heterocycles. The van der Waals surface area contributed by atoms with E-state index in [2.05, 4.69) is 20.6 Å². The van der Waals surface area contributed by atoms with Crippen LogP contribution < -0.4 is 25.8 Å². The van der Waals surface area contributed by atoms with E-state index in [0.29, 0.717) is 60.9 Å². The van der Waals surface area contributed by atoms with Crippen LogP contribution in [-0.4, -0.2) is 46.8 Å². The highest BCUT2D eigenvalue weighted by molar-refractivity contribution is 5.91. The van der Waals surface area contributed by atoms with Crippen molar-refractivity contribution in [3.8, 4) is 5.75 Å². The lowest BCUT2D eigenvalue weighted by atomic mass is 10.1. The summed E-state index contributed by atoms with van der Waals surface area (Å²) in [6.45, 7) is 3.60. The Labute approximate surface area is 215 Å². The van der Waals surface area contributed by atoms with Gasteiger partial charge >= 0.3 is 6.03 Å². The van der Waals surface area contributed by atoms with Crippen LogP contribution in [0.3, 0.4) is 0 Å². The zero-order valence-electron chi connectivity index (χ0n) is 21.0. The predicted molar refractivity (Wildman–Crippen MR) is 144 cm³/mol. The number of benzene rings is 2. The number of fused-ring (bicyclic) bond motifs is 1. The first-order valence-corrected chi connectivity index (χ1v) is 12.4. The fraction of sp³-hybridized carbons (Fsp3) is 0.286. The summed E-state index contributed by atoms with van der Waals surface area (Å²) < 4.78 is 7.05. The van der Waals surface area contributed by atoms with Crippen molar-refractivity contribution in [3.63, 3.8) is 0 Å². The maximum absolute atomic E-state index is 13.6. The van der Waals surface area contributed by atoms with Crippen molar-refractivity contribution in [1.82, 2.24) is 19.9 Å². The van der Waals surface area contributed by atoms with Crippen molar-refractivity contribution in [3.05, 3.63) is 88.3 Å². The number of pyridine rings is 1. The molecule has 4 aromatic rings. The van der Waals surface area contributed by atoms with E-state index < -0.39 is 0 Å². The second-order valence-electron chi connectivity index (χ2n) is 9.22. The molecular weight excluding hydrogens is 468 g/mol. The largest absolute Gasteiger partial charge is 0.495 e. The molecule has 37 heavy (non-hydrogen) atoms. The lowest BCUT2D eigenvalue weighted by molar-refractivity contribution is 0.246. The van der Waals surface area contributed by atoms with Crippen LogP contribution in [0.1, 0.15) is 24.0 Å². The highest BCUT2D eigenvalue weighted by Gasteiger charge is 2.25. The Morgan fingerprint density at radius 2 is 1.86 bits per heavy atom. The summed E-state index contributed by atoms with van der Waals surface area (Å²) in [5, 5.41) is 5.94. The molecule has 1 aliphatic rings. The van der Waals surface area contributed by atoms with Gasteiger partial charge in [0.25, 0.3) is 5.56 Å². The number of urea groups is 1. The zero-order chi connectivity index (χ0) is 25.8. The molecule has 2 aromatic carbocycles. The highest BCUT2D eigenvalue weighted by Crippen LogP contribution is 2.25. The van der Waals surface area contributed by atoms with Crippen molar-refractivity contribution in [2.75, 3.05) is 30.4 Å². The SMILES string of the molecule is COc1ccc(C)cc1NC(=O)NC1CCN(c2nc3cccnc3n(Cc3ccccc3)c2=O)CC1. The highest BCUT2D eigenvalue weighted by atomic mass is 16.5. The van der Waals surface area contributed by atoms with Gasteiger partial charge in [0.1, 0.15) is 11.3 Å². The molecule has 9 heteroatoms. The first-order valence-electron chi connectivity index (χ1n) is 12.4. The molecule has 0 aliphatic carbocycles. The van der Waals surface area contributed by atoms with Crippen LogP contribution >= 0.6 is 0 Å². The van der Waals surface area contributed by atoms with Crippen molar-refractivity contribution in [2.24, 2.45) is 0 Å². The third kappa shape index (κ3) is 5.40. The second kappa shape index (κ2) is 10.7. The average Bonchev–Trinajstić information content (AvgIpc) is 2.91. The van der Waals surface area contributed by atoms with E-state index in [0.717, 1.165) is 11.1 Å². The number of nitrogens with zero attached hydrogens (tertiary/aromatic N) is 4. The molecule has 190 valence electrons. The molecular formula is C28H30N6O3. The normalized spacial score (nSPS) is 13.9. The quantitative estimate of drug-likeness (QED) is 0.418. The van der Waals surface area contributed by atoms with Crippen molar-refractivity contribution < 1.29 is 9.53 Å². The molecule has 3 heterocycles. The molecule has 0 saturated carbocycles.